The second-order valence-corrected chi connectivity index (χ2v) is 4.97. The zero-order valence-corrected chi connectivity index (χ0v) is 11.2. The highest BCUT2D eigenvalue weighted by atomic mass is 16.5. The van der Waals surface area contributed by atoms with Crippen LogP contribution in [0.25, 0.3) is 0 Å². The minimum Gasteiger partial charge on any atom is -0.487 e. The standard InChI is InChI=1S/C15H19N3O/c1-2-18-10-17-8-12(18)9-19-13-4-5-14-11(7-13)3-6-15(14)16/h4-5,7-8,10,15H,2-3,6,9,16H2,1H3. The summed E-state index contributed by atoms with van der Waals surface area (Å²) in [6.07, 6.45) is 5.79. The zero-order valence-electron chi connectivity index (χ0n) is 11.2. The molecular formula is C15H19N3O. The lowest BCUT2D eigenvalue weighted by atomic mass is 10.1. The maximum absolute atomic E-state index is 6.03. The quantitative estimate of drug-likeness (QED) is 0.915. The van der Waals surface area contributed by atoms with Crippen LogP contribution in [0.1, 0.15) is 36.2 Å². The Labute approximate surface area is 113 Å². The number of ether oxygens (including phenoxy) is 1. The fourth-order valence-electron chi connectivity index (χ4n) is 2.63. The molecular weight excluding hydrogens is 238 g/mol. The van der Waals surface area contributed by atoms with E-state index >= 15 is 0 Å². The van der Waals surface area contributed by atoms with Gasteiger partial charge in [-0.05, 0) is 43.0 Å². The number of nitrogens with zero attached hydrogens (tertiary/aromatic N) is 2. The summed E-state index contributed by atoms with van der Waals surface area (Å²) in [6, 6.07) is 6.43. The molecule has 1 aliphatic carbocycles. The average Bonchev–Trinajstić information content (AvgIpc) is 3.03. The number of hydrogen-bond acceptors (Lipinski definition) is 3. The molecule has 4 nitrogen and oxygen atoms in total. The van der Waals surface area contributed by atoms with E-state index in [4.69, 9.17) is 10.5 Å². The second-order valence-electron chi connectivity index (χ2n) is 4.97. The van der Waals surface area contributed by atoms with Gasteiger partial charge >= 0.3 is 0 Å². The van der Waals surface area contributed by atoms with Crippen molar-refractivity contribution in [3.05, 3.63) is 47.5 Å². The minimum absolute atomic E-state index is 0.200. The van der Waals surface area contributed by atoms with Crippen LogP contribution < -0.4 is 10.5 Å². The van der Waals surface area contributed by atoms with E-state index in [1.54, 1.807) is 0 Å². The van der Waals surface area contributed by atoms with Gasteiger partial charge in [-0.15, -0.1) is 0 Å². The summed E-state index contributed by atoms with van der Waals surface area (Å²) >= 11 is 0. The number of imidazole rings is 1. The first kappa shape index (κ1) is 12.2. The number of aromatic nitrogens is 2. The van der Waals surface area contributed by atoms with E-state index in [9.17, 15) is 0 Å². The van der Waals surface area contributed by atoms with E-state index in [0.717, 1.165) is 30.8 Å². The normalized spacial score (nSPS) is 17.5. The molecule has 4 heteroatoms. The first-order valence-corrected chi connectivity index (χ1v) is 6.78. The third-order valence-electron chi connectivity index (χ3n) is 3.76. The van der Waals surface area contributed by atoms with Crippen LogP contribution in [0.4, 0.5) is 0 Å². The molecule has 1 heterocycles. The molecule has 1 aromatic heterocycles. The predicted octanol–water partition coefficient (Wildman–Crippen LogP) is 2.43. The zero-order chi connectivity index (χ0) is 13.2. The van der Waals surface area contributed by atoms with Gasteiger partial charge in [0.05, 0.1) is 18.2 Å². The predicted molar refractivity (Wildman–Crippen MR) is 73.9 cm³/mol. The minimum atomic E-state index is 0.200. The lowest BCUT2D eigenvalue weighted by Crippen LogP contribution is -2.05. The maximum Gasteiger partial charge on any atom is 0.130 e. The highest BCUT2D eigenvalue weighted by Gasteiger charge is 2.19. The topological polar surface area (TPSA) is 53.1 Å². The molecule has 1 unspecified atom stereocenters. The van der Waals surface area contributed by atoms with Crippen molar-refractivity contribution in [2.45, 2.75) is 39.0 Å². The molecule has 0 bridgehead atoms. The summed E-state index contributed by atoms with van der Waals surface area (Å²) in [6.45, 7) is 3.57. The molecule has 1 atom stereocenters. The van der Waals surface area contributed by atoms with Crippen LogP contribution >= 0.6 is 0 Å². The molecule has 0 spiro atoms. The molecule has 0 radical (unpaired) electrons. The van der Waals surface area contributed by atoms with Gasteiger partial charge in [0.2, 0.25) is 0 Å². The van der Waals surface area contributed by atoms with Gasteiger partial charge in [0.25, 0.3) is 0 Å². The van der Waals surface area contributed by atoms with E-state index in [-0.39, 0.29) is 6.04 Å². The molecule has 3 rings (SSSR count). The second kappa shape index (κ2) is 5.05. The molecule has 19 heavy (non-hydrogen) atoms. The third-order valence-corrected chi connectivity index (χ3v) is 3.76. The number of nitrogens with two attached hydrogens (primary N) is 1. The smallest absolute Gasteiger partial charge is 0.130 e. The number of aryl methyl sites for hydroxylation is 2. The third kappa shape index (κ3) is 2.36. The molecule has 1 aliphatic rings. The Morgan fingerprint density at radius 1 is 1.47 bits per heavy atom. The van der Waals surface area contributed by atoms with Crippen molar-refractivity contribution in [1.29, 1.82) is 0 Å². The van der Waals surface area contributed by atoms with Crippen molar-refractivity contribution in [3.63, 3.8) is 0 Å². The van der Waals surface area contributed by atoms with Gasteiger partial charge in [0.15, 0.2) is 0 Å². The average molecular weight is 257 g/mol. The highest BCUT2D eigenvalue weighted by Crippen LogP contribution is 2.31. The highest BCUT2D eigenvalue weighted by molar-refractivity contribution is 5.40. The lowest BCUT2D eigenvalue weighted by Gasteiger charge is -2.10. The van der Waals surface area contributed by atoms with Crippen molar-refractivity contribution < 1.29 is 4.74 Å². The number of fused-ring (bicyclic) bond motifs is 1. The summed E-state index contributed by atoms with van der Waals surface area (Å²) in [4.78, 5) is 4.14. The summed E-state index contributed by atoms with van der Waals surface area (Å²) in [5.41, 5.74) is 9.73. The number of benzene rings is 1. The molecule has 2 N–H and O–H groups in total. The summed E-state index contributed by atoms with van der Waals surface area (Å²) in [5, 5.41) is 0. The van der Waals surface area contributed by atoms with Gasteiger partial charge < -0.3 is 15.0 Å². The van der Waals surface area contributed by atoms with Crippen molar-refractivity contribution >= 4 is 0 Å². The SMILES string of the molecule is CCn1cncc1COc1ccc2c(c1)CCC2N. The summed E-state index contributed by atoms with van der Waals surface area (Å²) in [7, 11) is 0. The fraction of sp³-hybridized carbons (Fsp3) is 0.400. The van der Waals surface area contributed by atoms with Crippen LogP contribution in [0.2, 0.25) is 0 Å². The van der Waals surface area contributed by atoms with Gasteiger partial charge in [0.1, 0.15) is 12.4 Å². The Balaban J connectivity index is 1.71. The fourth-order valence-corrected chi connectivity index (χ4v) is 2.63. The Bertz CT molecular complexity index is 577. The molecule has 0 fully saturated rings. The Kier molecular flexibility index (Phi) is 3.25. The van der Waals surface area contributed by atoms with Crippen molar-refractivity contribution in [2.75, 3.05) is 0 Å². The van der Waals surface area contributed by atoms with Gasteiger partial charge in [-0.3, -0.25) is 0 Å². The summed E-state index contributed by atoms with van der Waals surface area (Å²) < 4.78 is 7.94. The largest absolute Gasteiger partial charge is 0.487 e. The van der Waals surface area contributed by atoms with Crippen molar-refractivity contribution in [2.24, 2.45) is 5.73 Å². The van der Waals surface area contributed by atoms with Gasteiger partial charge in [-0.25, -0.2) is 4.98 Å². The van der Waals surface area contributed by atoms with Gasteiger partial charge in [-0.2, -0.15) is 0 Å². The molecule has 0 amide bonds. The van der Waals surface area contributed by atoms with Crippen LogP contribution in [0.5, 0.6) is 5.75 Å². The van der Waals surface area contributed by atoms with Crippen LogP contribution in [0.3, 0.4) is 0 Å². The Hall–Kier alpha value is -1.81. The van der Waals surface area contributed by atoms with Gasteiger partial charge in [-0.1, -0.05) is 6.07 Å². The van der Waals surface area contributed by atoms with Crippen molar-refractivity contribution in [1.82, 2.24) is 9.55 Å². The molecule has 1 aromatic carbocycles. The molecule has 0 aliphatic heterocycles. The van der Waals surface area contributed by atoms with Crippen LogP contribution in [0.15, 0.2) is 30.7 Å². The first-order chi connectivity index (χ1) is 9.28. The van der Waals surface area contributed by atoms with Crippen LogP contribution in [0, 0.1) is 0 Å². The van der Waals surface area contributed by atoms with E-state index in [0.29, 0.717) is 6.61 Å². The van der Waals surface area contributed by atoms with Gasteiger partial charge in [0, 0.05) is 12.6 Å². The molecule has 0 saturated heterocycles. The molecule has 100 valence electrons. The van der Waals surface area contributed by atoms with Crippen molar-refractivity contribution in [3.8, 4) is 5.75 Å². The number of rotatable bonds is 4. The Morgan fingerprint density at radius 2 is 2.37 bits per heavy atom. The maximum atomic E-state index is 6.03. The van der Waals surface area contributed by atoms with E-state index in [2.05, 4.69) is 28.6 Å². The number of hydrogen-bond donors (Lipinski definition) is 1. The summed E-state index contributed by atoms with van der Waals surface area (Å²) in [5.74, 6) is 0.914. The van der Waals surface area contributed by atoms with Crippen LogP contribution in [-0.2, 0) is 19.6 Å². The lowest BCUT2D eigenvalue weighted by molar-refractivity contribution is 0.295. The van der Waals surface area contributed by atoms with E-state index in [1.807, 2.05) is 18.6 Å². The Morgan fingerprint density at radius 3 is 3.21 bits per heavy atom. The van der Waals surface area contributed by atoms with E-state index < -0.39 is 0 Å². The molecule has 2 aromatic rings. The van der Waals surface area contributed by atoms with E-state index in [1.165, 1.54) is 11.1 Å². The first-order valence-electron chi connectivity index (χ1n) is 6.78. The van der Waals surface area contributed by atoms with Crippen LogP contribution in [-0.4, -0.2) is 9.55 Å². The molecule has 0 saturated carbocycles. The monoisotopic (exact) mass is 257 g/mol.